The van der Waals surface area contributed by atoms with E-state index in [4.69, 9.17) is 5.11 Å². The quantitative estimate of drug-likeness (QED) is 0.901. The van der Waals surface area contributed by atoms with Gasteiger partial charge in [-0.1, -0.05) is 0 Å². The van der Waals surface area contributed by atoms with E-state index in [0.29, 0.717) is 5.69 Å². The molecule has 0 unspecified atom stereocenters. The maximum absolute atomic E-state index is 13.1. The molecule has 0 atom stereocenters. The van der Waals surface area contributed by atoms with Crippen molar-refractivity contribution in [3.8, 4) is 0 Å². The summed E-state index contributed by atoms with van der Waals surface area (Å²) in [6.07, 6.45) is 1.28. The zero-order valence-corrected chi connectivity index (χ0v) is 11.5. The predicted octanol–water partition coefficient (Wildman–Crippen LogP) is 2.93. The molecule has 0 spiro atoms. The number of pyridine rings is 1. The number of nitrogens with zero attached hydrogens (tertiary/aromatic N) is 1. The molecule has 0 bridgehead atoms. The lowest BCUT2D eigenvalue weighted by Gasteiger charge is -2.06. The molecule has 20 heavy (non-hydrogen) atoms. The van der Waals surface area contributed by atoms with Gasteiger partial charge in [0.15, 0.2) is 0 Å². The van der Waals surface area contributed by atoms with Crippen LogP contribution in [0.2, 0.25) is 0 Å². The summed E-state index contributed by atoms with van der Waals surface area (Å²) in [7, 11) is 0. The Morgan fingerprint density at radius 2 is 2.00 bits per heavy atom. The molecule has 0 radical (unpaired) electrons. The van der Waals surface area contributed by atoms with Gasteiger partial charge < -0.3 is 10.4 Å². The van der Waals surface area contributed by atoms with E-state index in [0.717, 1.165) is 6.07 Å². The fourth-order valence-electron chi connectivity index (χ4n) is 1.47. The summed E-state index contributed by atoms with van der Waals surface area (Å²) in [5.74, 6) is -2.14. The lowest BCUT2D eigenvalue weighted by molar-refractivity contribution is 0.0690. The van der Waals surface area contributed by atoms with Crippen LogP contribution in [0.15, 0.2) is 41.0 Å². The van der Waals surface area contributed by atoms with E-state index < -0.39 is 17.7 Å². The minimum Gasteiger partial charge on any atom is -0.477 e. The Hall–Kier alpha value is -2.28. The molecular weight excluding hydrogens is 331 g/mol. The van der Waals surface area contributed by atoms with Gasteiger partial charge in [-0.05, 0) is 46.3 Å². The molecule has 1 aromatic carbocycles. The third-order valence-corrected chi connectivity index (χ3v) is 3.03. The van der Waals surface area contributed by atoms with Gasteiger partial charge in [0, 0.05) is 17.4 Å². The molecule has 0 aliphatic rings. The smallest absolute Gasteiger partial charge is 0.354 e. The molecule has 2 N–H and O–H groups in total. The summed E-state index contributed by atoms with van der Waals surface area (Å²) in [5, 5.41) is 11.3. The number of halogens is 2. The molecule has 1 amide bonds. The Morgan fingerprint density at radius 1 is 1.25 bits per heavy atom. The first-order valence-electron chi connectivity index (χ1n) is 5.43. The summed E-state index contributed by atoms with van der Waals surface area (Å²) in [6, 6.07) is 6.52. The van der Waals surface area contributed by atoms with Gasteiger partial charge in [-0.3, -0.25) is 4.79 Å². The van der Waals surface area contributed by atoms with E-state index in [-0.39, 0.29) is 15.7 Å². The van der Waals surface area contributed by atoms with Crippen LogP contribution in [0.3, 0.4) is 0 Å². The van der Waals surface area contributed by atoms with Crippen LogP contribution in [0.25, 0.3) is 0 Å². The first-order chi connectivity index (χ1) is 9.47. The molecule has 0 saturated heterocycles. The molecule has 7 heteroatoms. The third-order valence-electron chi connectivity index (χ3n) is 2.42. The molecule has 102 valence electrons. The molecule has 0 aliphatic carbocycles. The highest BCUT2D eigenvalue weighted by Gasteiger charge is 2.10. The largest absolute Gasteiger partial charge is 0.477 e. The van der Waals surface area contributed by atoms with Gasteiger partial charge in [0.25, 0.3) is 5.91 Å². The Morgan fingerprint density at radius 3 is 2.65 bits per heavy atom. The maximum Gasteiger partial charge on any atom is 0.354 e. The van der Waals surface area contributed by atoms with Crippen molar-refractivity contribution in [3.05, 3.63) is 58.1 Å². The zero-order chi connectivity index (χ0) is 14.7. The van der Waals surface area contributed by atoms with Crippen molar-refractivity contribution >= 4 is 33.5 Å². The maximum atomic E-state index is 13.1. The Kier molecular flexibility index (Phi) is 4.09. The average Bonchev–Trinajstić information content (AvgIpc) is 2.42. The second-order valence-corrected chi connectivity index (χ2v) is 4.67. The number of aromatic carboxylic acids is 1. The van der Waals surface area contributed by atoms with Crippen molar-refractivity contribution < 1.29 is 19.1 Å². The van der Waals surface area contributed by atoms with Crippen LogP contribution >= 0.6 is 15.9 Å². The molecule has 1 aromatic heterocycles. The van der Waals surface area contributed by atoms with Crippen LogP contribution in [0.1, 0.15) is 20.8 Å². The minimum atomic E-state index is -1.19. The fraction of sp³-hybridized carbons (Fsp3) is 0. The molecule has 0 saturated carbocycles. The highest BCUT2D eigenvalue weighted by atomic mass is 79.9. The van der Waals surface area contributed by atoms with Gasteiger partial charge in [0.1, 0.15) is 11.5 Å². The summed E-state index contributed by atoms with van der Waals surface area (Å²) in [5.41, 5.74) is 0.359. The number of rotatable bonds is 3. The van der Waals surface area contributed by atoms with Crippen LogP contribution in [0.4, 0.5) is 10.1 Å². The summed E-state index contributed by atoms with van der Waals surface area (Å²) < 4.78 is 13.3. The first-order valence-corrected chi connectivity index (χ1v) is 6.22. The second kappa shape index (κ2) is 5.79. The summed E-state index contributed by atoms with van der Waals surface area (Å²) in [6.45, 7) is 0. The Bertz CT molecular complexity index is 691. The molecule has 2 aromatic rings. The lowest BCUT2D eigenvalue weighted by Crippen LogP contribution is -2.13. The number of hydrogen-bond donors (Lipinski definition) is 2. The molecular formula is C13H8BrFN2O3. The van der Waals surface area contributed by atoms with E-state index in [9.17, 15) is 14.0 Å². The number of carboxylic acids is 1. The van der Waals surface area contributed by atoms with Crippen molar-refractivity contribution in [3.63, 3.8) is 0 Å². The van der Waals surface area contributed by atoms with E-state index in [1.165, 1.54) is 30.5 Å². The van der Waals surface area contributed by atoms with Gasteiger partial charge in [-0.25, -0.2) is 14.2 Å². The normalized spacial score (nSPS) is 10.1. The number of hydrogen-bond acceptors (Lipinski definition) is 3. The monoisotopic (exact) mass is 338 g/mol. The van der Waals surface area contributed by atoms with Gasteiger partial charge in [0.05, 0.1) is 4.47 Å². The van der Waals surface area contributed by atoms with Crippen LogP contribution < -0.4 is 5.32 Å². The zero-order valence-electron chi connectivity index (χ0n) is 9.93. The Labute approximate surface area is 121 Å². The first kappa shape index (κ1) is 14.1. The second-order valence-electron chi connectivity index (χ2n) is 3.82. The van der Waals surface area contributed by atoms with Crippen molar-refractivity contribution in [1.82, 2.24) is 4.98 Å². The fourth-order valence-corrected chi connectivity index (χ4v) is 1.84. The van der Waals surface area contributed by atoms with Crippen molar-refractivity contribution in [2.75, 3.05) is 5.32 Å². The Balaban J connectivity index is 2.21. The number of carbonyl (C=O) groups is 2. The number of anilines is 1. The molecule has 2 rings (SSSR count). The number of aromatic nitrogens is 1. The number of carbonyl (C=O) groups excluding carboxylic acids is 1. The van der Waals surface area contributed by atoms with Crippen LogP contribution in [0.5, 0.6) is 0 Å². The predicted molar refractivity (Wildman–Crippen MR) is 73.2 cm³/mol. The summed E-state index contributed by atoms with van der Waals surface area (Å²) >= 11 is 2.99. The van der Waals surface area contributed by atoms with Crippen LogP contribution in [-0.4, -0.2) is 22.0 Å². The number of nitrogens with one attached hydrogen (secondary N) is 1. The number of amides is 1. The van der Waals surface area contributed by atoms with Crippen molar-refractivity contribution in [2.45, 2.75) is 0 Å². The third kappa shape index (κ3) is 3.18. The van der Waals surface area contributed by atoms with Crippen LogP contribution in [-0.2, 0) is 0 Å². The molecule has 0 aliphatic heterocycles. The number of benzene rings is 1. The average molecular weight is 339 g/mol. The highest BCUT2D eigenvalue weighted by Crippen LogP contribution is 2.18. The van der Waals surface area contributed by atoms with E-state index >= 15 is 0 Å². The van der Waals surface area contributed by atoms with E-state index in [1.54, 1.807) is 0 Å². The molecule has 0 fully saturated rings. The van der Waals surface area contributed by atoms with Crippen LogP contribution in [0, 0.1) is 5.82 Å². The van der Waals surface area contributed by atoms with E-state index in [2.05, 4.69) is 26.2 Å². The van der Waals surface area contributed by atoms with Crippen molar-refractivity contribution in [2.24, 2.45) is 0 Å². The number of carboxylic acid groups (broad SMARTS) is 1. The molecule has 5 nitrogen and oxygen atoms in total. The highest BCUT2D eigenvalue weighted by molar-refractivity contribution is 9.10. The topological polar surface area (TPSA) is 79.3 Å². The van der Waals surface area contributed by atoms with Crippen molar-refractivity contribution in [1.29, 1.82) is 0 Å². The van der Waals surface area contributed by atoms with Gasteiger partial charge in [0.2, 0.25) is 0 Å². The van der Waals surface area contributed by atoms with Gasteiger partial charge in [-0.2, -0.15) is 0 Å². The lowest BCUT2D eigenvalue weighted by atomic mass is 10.2. The minimum absolute atomic E-state index is 0.172. The standard InChI is InChI=1S/C13H8BrFN2O3/c14-9-5-7(1-2-10(9)15)12(18)17-8-3-4-16-11(6-8)13(19)20/h1-6H,(H,19,20)(H,16,17,18). The summed E-state index contributed by atoms with van der Waals surface area (Å²) in [4.78, 5) is 26.3. The van der Waals surface area contributed by atoms with Gasteiger partial charge >= 0.3 is 5.97 Å². The van der Waals surface area contributed by atoms with Gasteiger partial charge in [-0.15, -0.1) is 0 Å². The molecule has 1 heterocycles. The SMILES string of the molecule is O=C(Nc1ccnc(C(=O)O)c1)c1ccc(F)c(Br)c1. The van der Waals surface area contributed by atoms with E-state index in [1.807, 2.05) is 0 Å².